The van der Waals surface area contributed by atoms with Crippen LogP contribution in [0.5, 0.6) is 0 Å². The minimum Gasteiger partial charge on any atom is -0.469 e. The molecule has 2 aliphatic rings. The van der Waals surface area contributed by atoms with Crippen molar-refractivity contribution in [3.8, 4) is 0 Å². The molecule has 1 unspecified atom stereocenters. The fourth-order valence-corrected chi connectivity index (χ4v) is 6.25. The number of nitrogens with zero attached hydrogens (tertiary/aromatic N) is 1. The van der Waals surface area contributed by atoms with Gasteiger partial charge < -0.3 is 4.74 Å². The number of hydrogen-bond acceptors (Lipinski definition) is 5. The van der Waals surface area contributed by atoms with Crippen LogP contribution in [0.3, 0.4) is 0 Å². The van der Waals surface area contributed by atoms with Crippen molar-refractivity contribution in [3.05, 3.63) is 62.0 Å². The zero-order chi connectivity index (χ0) is 21.3. The first-order valence-corrected chi connectivity index (χ1v) is 11.7. The highest BCUT2D eigenvalue weighted by molar-refractivity contribution is 7.13. The van der Waals surface area contributed by atoms with Gasteiger partial charge in [0.2, 0.25) is 0 Å². The monoisotopic (exact) mass is 425 g/mol. The highest BCUT2D eigenvalue weighted by atomic mass is 32.1. The van der Waals surface area contributed by atoms with Gasteiger partial charge in [-0.25, -0.2) is 0 Å². The number of rotatable bonds is 6. The molecule has 0 saturated carbocycles. The molecule has 2 aromatic rings. The fraction of sp³-hybridized carbons (Fsp3) is 0.480. The minimum atomic E-state index is -0.344. The smallest absolute Gasteiger partial charge is 0.314 e. The van der Waals surface area contributed by atoms with E-state index in [0.29, 0.717) is 6.54 Å². The number of aryl methyl sites for hydroxylation is 2. The number of carbonyl (C=O) groups is 1. The molecule has 0 N–H and O–H groups in total. The van der Waals surface area contributed by atoms with E-state index in [1.165, 1.54) is 46.4 Å². The van der Waals surface area contributed by atoms with Crippen LogP contribution in [0, 0.1) is 12.8 Å². The van der Waals surface area contributed by atoms with E-state index in [9.17, 15) is 4.79 Å². The van der Waals surface area contributed by atoms with Crippen molar-refractivity contribution < 1.29 is 14.4 Å². The number of hydroxylamine groups is 2. The largest absolute Gasteiger partial charge is 0.469 e. The predicted molar refractivity (Wildman–Crippen MR) is 121 cm³/mol. The minimum absolute atomic E-state index is 0.191. The average Bonchev–Trinajstić information content (AvgIpc) is 3.14. The van der Waals surface area contributed by atoms with Gasteiger partial charge in [0.1, 0.15) is 0 Å². The third-order valence-corrected chi connectivity index (χ3v) is 7.64. The average molecular weight is 426 g/mol. The Labute approximate surface area is 183 Å². The molecule has 4 rings (SSSR count). The van der Waals surface area contributed by atoms with Crippen LogP contribution in [0.2, 0.25) is 0 Å². The molecule has 4 nitrogen and oxygen atoms in total. The standard InChI is InChI=1S/C25H31NO3S/c1-5-8-19(25(27)28-3)23-22(17-13-11-16(2)12-14-17)24-20(15-26(23)29-4)18-9-6-7-10-21(18)30-24/h11-14,19H,5-10,15H2,1-4H3. The molecule has 1 aromatic carbocycles. The van der Waals surface area contributed by atoms with Gasteiger partial charge in [0.15, 0.2) is 0 Å². The normalized spacial score (nSPS) is 16.9. The van der Waals surface area contributed by atoms with Crippen molar-refractivity contribution in [3.63, 3.8) is 0 Å². The molecule has 0 amide bonds. The van der Waals surface area contributed by atoms with Crippen LogP contribution in [0.25, 0.3) is 5.57 Å². The SMILES string of the molecule is CCCC(C(=O)OC)C1=C(c2ccc(C)cc2)c2sc3c(c2CN1OC)CCCC3. The van der Waals surface area contributed by atoms with Crippen molar-refractivity contribution >= 4 is 22.9 Å². The van der Waals surface area contributed by atoms with Crippen molar-refractivity contribution in [2.24, 2.45) is 5.92 Å². The lowest BCUT2D eigenvalue weighted by atomic mass is 9.85. The summed E-state index contributed by atoms with van der Waals surface area (Å²) < 4.78 is 5.23. The third-order valence-electron chi connectivity index (χ3n) is 6.29. The molecule has 0 radical (unpaired) electrons. The van der Waals surface area contributed by atoms with Crippen LogP contribution in [0.1, 0.15) is 64.6 Å². The molecule has 0 spiro atoms. The number of hydrogen-bond donors (Lipinski definition) is 0. The molecule has 1 aliphatic carbocycles. The van der Waals surface area contributed by atoms with Crippen LogP contribution in [-0.2, 0) is 33.8 Å². The van der Waals surface area contributed by atoms with E-state index in [2.05, 4.69) is 38.1 Å². The summed E-state index contributed by atoms with van der Waals surface area (Å²) in [6.45, 7) is 4.90. The highest BCUT2D eigenvalue weighted by Crippen LogP contribution is 2.47. The lowest BCUT2D eigenvalue weighted by Gasteiger charge is -2.36. The maximum absolute atomic E-state index is 12.9. The third kappa shape index (κ3) is 3.69. The van der Waals surface area contributed by atoms with Gasteiger partial charge >= 0.3 is 5.97 Å². The summed E-state index contributed by atoms with van der Waals surface area (Å²) in [6, 6.07) is 8.64. The molecule has 1 aromatic heterocycles. The Morgan fingerprint density at radius 2 is 1.87 bits per heavy atom. The second kappa shape index (κ2) is 8.94. The van der Waals surface area contributed by atoms with Crippen LogP contribution < -0.4 is 0 Å². The van der Waals surface area contributed by atoms with Gasteiger partial charge in [-0.1, -0.05) is 43.2 Å². The van der Waals surface area contributed by atoms with Gasteiger partial charge in [0.05, 0.1) is 32.4 Å². The first-order chi connectivity index (χ1) is 14.6. The van der Waals surface area contributed by atoms with Gasteiger partial charge in [-0.3, -0.25) is 14.7 Å². The number of thiophene rings is 1. The van der Waals surface area contributed by atoms with E-state index >= 15 is 0 Å². The number of methoxy groups -OCH3 is 1. The van der Waals surface area contributed by atoms with Gasteiger partial charge in [0, 0.05) is 15.3 Å². The van der Waals surface area contributed by atoms with Gasteiger partial charge in [-0.2, -0.15) is 0 Å². The lowest BCUT2D eigenvalue weighted by Crippen LogP contribution is -2.34. The highest BCUT2D eigenvalue weighted by Gasteiger charge is 2.38. The molecule has 1 aliphatic heterocycles. The van der Waals surface area contributed by atoms with Crippen molar-refractivity contribution in [1.29, 1.82) is 0 Å². The van der Waals surface area contributed by atoms with Crippen molar-refractivity contribution in [2.75, 3.05) is 14.2 Å². The Morgan fingerprint density at radius 3 is 2.53 bits per heavy atom. The summed E-state index contributed by atoms with van der Waals surface area (Å²) in [4.78, 5) is 21.6. The molecule has 2 heterocycles. The maximum Gasteiger partial charge on any atom is 0.314 e. The quantitative estimate of drug-likeness (QED) is 0.560. The summed E-state index contributed by atoms with van der Waals surface area (Å²) in [7, 11) is 3.18. The Morgan fingerprint density at radius 1 is 1.13 bits per heavy atom. The van der Waals surface area contributed by atoms with Crippen molar-refractivity contribution in [1.82, 2.24) is 5.06 Å². The lowest BCUT2D eigenvalue weighted by molar-refractivity contribution is -0.152. The molecule has 5 heteroatoms. The summed E-state index contributed by atoms with van der Waals surface area (Å²) in [5.41, 5.74) is 7.35. The van der Waals surface area contributed by atoms with Gasteiger partial charge in [0.25, 0.3) is 0 Å². The Bertz CT molecular complexity index is 958. The Kier molecular flexibility index (Phi) is 6.30. The molecule has 0 fully saturated rings. The number of carbonyl (C=O) groups excluding carboxylic acids is 1. The Balaban J connectivity index is 1.99. The predicted octanol–water partition coefficient (Wildman–Crippen LogP) is 5.66. The van der Waals surface area contributed by atoms with Crippen LogP contribution >= 0.6 is 11.3 Å². The molecular weight excluding hydrogens is 394 g/mol. The van der Waals surface area contributed by atoms with Crippen LogP contribution in [0.15, 0.2) is 30.0 Å². The second-order valence-electron chi connectivity index (χ2n) is 8.23. The van der Waals surface area contributed by atoms with Gasteiger partial charge in [-0.05, 0) is 55.7 Å². The fourth-order valence-electron chi connectivity index (χ4n) is 4.78. The molecule has 0 bridgehead atoms. The van der Waals surface area contributed by atoms with E-state index in [1.807, 2.05) is 16.4 Å². The Hall–Kier alpha value is -2.11. The summed E-state index contributed by atoms with van der Waals surface area (Å²) in [5, 5.41) is 1.94. The summed E-state index contributed by atoms with van der Waals surface area (Å²) in [5.74, 6) is -0.535. The zero-order valence-electron chi connectivity index (χ0n) is 18.4. The molecular formula is C25H31NO3S. The van der Waals surface area contributed by atoms with Crippen LogP contribution in [0.4, 0.5) is 0 Å². The first kappa shape index (κ1) is 21.1. The summed E-state index contributed by atoms with van der Waals surface area (Å²) in [6.07, 6.45) is 6.45. The zero-order valence-corrected chi connectivity index (χ0v) is 19.2. The second-order valence-corrected chi connectivity index (χ2v) is 9.33. The van der Waals surface area contributed by atoms with Crippen molar-refractivity contribution in [2.45, 2.75) is 58.9 Å². The first-order valence-electron chi connectivity index (χ1n) is 10.9. The topological polar surface area (TPSA) is 38.8 Å². The van der Waals surface area contributed by atoms with E-state index in [0.717, 1.165) is 42.5 Å². The van der Waals surface area contributed by atoms with Gasteiger partial charge in [-0.15, -0.1) is 11.3 Å². The molecule has 1 atom stereocenters. The number of ether oxygens (including phenoxy) is 1. The van der Waals surface area contributed by atoms with E-state index in [-0.39, 0.29) is 11.9 Å². The number of benzene rings is 1. The van der Waals surface area contributed by atoms with E-state index < -0.39 is 0 Å². The van der Waals surface area contributed by atoms with Crippen LogP contribution in [-0.4, -0.2) is 25.3 Å². The van der Waals surface area contributed by atoms with E-state index in [4.69, 9.17) is 9.57 Å². The number of esters is 1. The maximum atomic E-state index is 12.9. The number of fused-ring (bicyclic) bond motifs is 3. The molecule has 160 valence electrons. The summed E-state index contributed by atoms with van der Waals surface area (Å²) >= 11 is 1.92. The molecule has 0 saturated heterocycles. The molecule has 30 heavy (non-hydrogen) atoms. The van der Waals surface area contributed by atoms with E-state index in [1.54, 1.807) is 7.11 Å².